The molecule has 3 heteroatoms. The Morgan fingerprint density at radius 2 is 1.42 bits per heavy atom. The van der Waals surface area contributed by atoms with E-state index < -0.39 is 0 Å². The molecule has 0 saturated carbocycles. The third-order valence-electron chi connectivity index (χ3n) is 1.82. The lowest BCUT2D eigenvalue weighted by Crippen LogP contribution is -2.31. The Bertz CT molecular complexity index is 91.9. The minimum Gasteiger partial charge on any atom is -0.330 e. The maximum Gasteiger partial charge on any atom is 0.00163 e. The summed E-state index contributed by atoms with van der Waals surface area (Å²) in [5.41, 5.74) is 5.54. The highest BCUT2D eigenvalue weighted by molar-refractivity contribution is 4.65. The summed E-state index contributed by atoms with van der Waals surface area (Å²) in [6, 6.07) is 0. The van der Waals surface area contributed by atoms with Crippen LogP contribution in [-0.4, -0.2) is 57.6 Å². The summed E-state index contributed by atoms with van der Waals surface area (Å²) in [7, 11) is 8.44. The van der Waals surface area contributed by atoms with Gasteiger partial charge in [-0.3, -0.25) is 0 Å². The van der Waals surface area contributed by atoms with Crippen LogP contribution >= 0.6 is 0 Å². The molecular formula is C9H23N3. The normalized spacial score (nSPS) is 12.0. The van der Waals surface area contributed by atoms with Gasteiger partial charge in [-0.05, 0) is 47.1 Å². The summed E-state index contributed by atoms with van der Waals surface area (Å²) < 4.78 is 0. The fourth-order valence-corrected chi connectivity index (χ4v) is 1.51. The second kappa shape index (κ2) is 6.40. The molecule has 0 aliphatic rings. The highest BCUT2D eigenvalue weighted by Crippen LogP contribution is 2.04. The lowest BCUT2D eigenvalue weighted by atomic mass is 10.1. The number of hydrogen-bond acceptors (Lipinski definition) is 3. The van der Waals surface area contributed by atoms with E-state index >= 15 is 0 Å². The van der Waals surface area contributed by atoms with Crippen LogP contribution in [0.15, 0.2) is 0 Å². The predicted octanol–water partition coefficient (Wildman–Crippen LogP) is 0.0746. The van der Waals surface area contributed by atoms with Crippen LogP contribution in [0.25, 0.3) is 0 Å². The van der Waals surface area contributed by atoms with E-state index in [1.807, 2.05) is 0 Å². The van der Waals surface area contributed by atoms with Gasteiger partial charge in [0.05, 0.1) is 0 Å². The molecular weight excluding hydrogens is 150 g/mol. The third kappa shape index (κ3) is 6.58. The molecule has 74 valence electrons. The van der Waals surface area contributed by atoms with Crippen LogP contribution in [0.3, 0.4) is 0 Å². The molecule has 0 amide bonds. The molecule has 0 aromatic heterocycles. The minimum absolute atomic E-state index is 0.708. The molecule has 0 saturated heterocycles. The van der Waals surface area contributed by atoms with Crippen LogP contribution < -0.4 is 5.73 Å². The molecule has 0 aromatic carbocycles. The second-order valence-corrected chi connectivity index (χ2v) is 3.97. The molecule has 0 rings (SSSR count). The standard InChI is InChI=1S/C9H23N3/c1-11(2)7-9(5-6-10)8-12(3)4/h9H,5-8,10H2,1-4H3. The van der Waals surface area contributed by atoms with Gasteiger partial charge in [-0.15, -0.1) is 0 Å². The van der Waals surface area contributed by atoms with E-state index in [1.54, 1.807) is 0 Å². The Balaban J connectivity index is 3.69. The fraction of sp³-hybridized carbons (Fsp3) is 1.00. The lowest BCUT2D eigenvalue weighted by molar-refractivity contribution is 0.250. The van der Waals surface area contributed by atoms with Gasteiger partial charge in [0.25, 0.3) is 0 Å². The minimum atomic E-state index is 0.708. The van der Waals surface area contributed by atoms with Gasteiger partial charge in [0.2, 0.25) is 0 Å². The Morgan fingerprint density at radius 3 is 1.67 bits per heavy atom. The third-order valence-corrected chi connectivity index (χ3v) is 1.82. The van der Waals surface area contributed by atoms with Gasteiger partial charge in [0.15, 0.2) is 0 Å². The number of nitrogens with two attached hydrogens (primary N) is 1. The van der Waals surface area contributed by atoms with Crippen LogP contribution in [0.5, 0.6) is 0 Å². The topological polar surface area (TPSA) is 32.5 Å². The SMILES string of the molecule is CN(C)CC(CCN)CN(C)C. The van der Waals surface area contributed by atoms with Crippen molar-refractivity contribution >= 4 is 0 Å². The van der Waals surface area contributed by atoms with Crippen molar-refractivity contribution in [3.63, 3.8) is 0 Å². The molecule has 0 atom stereocenters. The van der Waals surface area contributed by atoms with Gasteiger partial charge in [-0.25, -0.2) is 0 Å². The van der Waals surface area contributed by atoms with E-state index in [0.29, 0.717) is 5.92 Å². The number of hydrogen-bond donors (Lipinski definition) is 1. The van der Waals surface area contributed by atoms with Crippen LogP contribution in [0.4, 0.5) is 0 Å². The van der Waals surface area contributed by atoms with E-state index in [0.717, 1.165) is 26.1 Å². The largest absolute Gasteiger partial charge is 0.330 e. The van der Waals surface area contributed by atoms with Crippen molar-refractivity contribution in [2.24, 2.45) is 11.7 Å². The molecule has 0 aromatic rings. The van der Waals surface area contributed by atoms with Crippen molar-refractivity contribution in [2.45, 2.75) is 6.42 Å². The van der Waals surface area contributed by atoms with Crippen LogP contribution in [0.1, 0.15) is 6.42 Å². The molecule has 0 bridgehead atoms. The Labute approximate surface area is 76.5 Å². The molecule has 0 aliphatic heterocycles. The summed E-state index contributed by atoms with van der Waals surface area (Å²) in [6.07, 6.45) is 1.12. The summed E-state index contributed by atoms with van der Waals surface area (Å²) >= 11 is 0. The van der Waals surface area contributed by atoms with Gasteiger partial charge in [-0.2, -0.15) is 0 Å². The quantitative estimate of drug-likeness (QED) is 0.617. The van der Waals surface area contributed by atoms with Crippen molar-refractivity contribution in [3.05, 3.63) is 0 Å². The van der Waals surface area contributed by atoms with Crippen LogP contribution in [0, 0.1) is 5.92 Å². The Morgan fingerprint density at radius 1 is 1.00 bits per heavy atom. The van der Waals surface area contributed by atoms with Crippen molar-refractivity contribution in [1.29, 1.82) is 0 Å². The first kappa shape index (κ1) is 11.9. The van der Waals surface area contributed by atoms with Gasteiger partial charge in [0.1, 0.15) is 0 Å². The maximum atomic E-state index is 5.54. The Hall–Kier alpha value is -0.120. The van der Waals surface area contributed by atoms with E-state index in [9.17, 15) is 0 Å². The predicted molar refractivity (Wildman–Crippen MR) is 54.3 cm³/mol. The summed E-state index contributed by atoms with van der Waals surface area (Å²) in [5, 5.41) is 0. The first-order valence-corrected chi connectivity index (χ1v) is 4.55. The smallest absolute Gasteiger partial charge is 0.00163 e. The van der Waals surface area contributed by atoms with Gasteiger partial charge in [-0.1, -0.05) is 0 Å². The van der Waals surface area contributed by atoms with E-state index in [-0.39, 0.29) is 0 Å². The Kier molecular flexibility index (Phi) is 6.34. The first-order chi connectivity index (χ1) is 5.56. The first-order valence-electron chi connectivity index (χ1n) is 4.55. The van der Waals surface area contributed by atoms with Crippen LogP contribution in [0.2, 0.25) is 0 Å². The zero-order valence-electron chi connectivity index (χ0n) is 8.88. The molecule has 0 spiro atoms. The summed E-state index contributed by atoms with van der Waals surface area (Å²) in [6.45, 7) is 3.07. The summed E-state index contributed by atoms with van der Waals surface area (Å²) in [5.74, 6) is 0.708. The molecule has 3 nitrogen and oxygen atoms in total. The monoisotopic (exact) mass is 173 g/mol. The zero-order chi connectivity index (χ0) is 9.56. The molecule has 0 unspecified atom stereocenters. The molecule has 0 radical (unpaired) electrons. The van der Waals surface area contributed by atoms with E-state index in [1.165, 1.54) is 0 Å². The molecule has 0 fully saturated rings. The van der Waals surface area contributed by atoms with Gasteiger partial charge >= 0.3 is 0 Å². The zero-order valence-corrected chi connectivity index (χ0v) is 8.88. The van der Waals surface area contributed by atoms with Crippen molar-refractivity contribution < 1.29 is 0 Å². The van der Waals surface area contributed by atoms with E-state index in [4.69, 9.17) is 5.73 Å². The van der Waals surface area contributed by atoms with Crippen LogP contribution in [-0.2, 0) is 0 Å². The van der Waals surface area contributed by atoms with Crippen molar-refractivity contribution in [1.82, 2.24) is 9.80 Å². The highest BCUT2D eigenvalue weighted by atomic mass is 15.1. The average Bonchev–Trinajstić information content (AvgIpc) is 1.84. The average molecular weight is 173 g/mol. The van der Waals surface area contributed by atoms with Gasteiger partial charge < -0.3 is 15.5 Å². The summed E-state index contributed by atoms with van der Waals surface area (Å²) in [4.78, 5) is 4.45. The maximum absolute atomic E-state index is 5.54. The fourth-order valence-electron chi connectivity index (χ4n) is 1.51. The van der Waals surface area contributed by atoms with Crippen molar-refractivity contribution in [3.8, 4) is 0 Å². The lowest BCUT2D eigenvalue weighted by Gasteiger charge is -2.23. The second-order valence-electron chi connectivity index (χ2n) is 3.97. The van der Waals surface area contributed by atoms with Gasteiger partial charge in [0, 0.05) is 13.1 Å². The highest BCUT2D eigenvalue weighted by Gasteiger charge is 2.09. The molecule has 2 N–H and O–H groups in total. The van der Waals surface area contributed by atoms with Crippen molar-refractivity contribution in [2.75, 3.05) is 47.8 Å². The number of nitrogens with zero attached hydrogens (tertiary/aromatic N) is 2. The molecule has 0 heterocycles. The molecule has 12 heavy (non-hydrogen) atoms. The molecule has 0 aliphatic carbocycles. The number of rotatable bonds is 6. The van der Waals surface area contributed by atoms with E-state index in [2.05, 4.69) is 38.0 Å².